The summed E-state index contributed by atoms with van der Waals surface area (Å²) in [5.41, 5.74) is 16.4. The van der Waals surface area contributed by atoms with E-state index in [1.54, 1.807) is 0 Å². The lowest BCUT2D eigenvalue weighted by molar-refractivity contribution is 1.25. The lowest BCUT2D eigenvalue weighted by atomic mass is 9.98. The van der Waals surface area contributed by atoms with E-state index in [0.717, 1.165) is 112 Å². The van der Waals surface area contributed by atoms with Gasteiger partial charge in [0.2, 0.25) is 0 Å². The van der Waals surface area contributed by atoms with Gasteiger partial charge in [-0.1, -0.05) is 218 Å². The third kappa shape index (κ3) is 9.79. The number of benzene rings is 14. The summed E-state index contributed by atoms with van der Waals surface area (Å²) in [4.78, 5) is 14.8. The normalized spacial score (nSPS) is 11.3. The maximum atomic E-state index is 5.21. The van der Waals surface area contributed by atoms with Gasteiger partial charge in [0.25, 0.3) is 0 Å². The van der Waals surface area contributed by atoms with E-state index in [2.05, 4.69) is 353 Å². The van der Waals surface area contributed by atoms with E-state index < -0.39 is 0 Å². The molecule has 406 valence electrons. The molecule has 0 saturated carbocycles. The second-order valence-electron chi connectivity index (χ2n) is 21.6. The summed E-state index contributed by atoms with van der Waals surface area (Å²) >= 11 is 0. The average molecular weight is 1100 g/mol. The zero-order chi connectivity index (χ0) is 57.2. The highest BCUT2D eigenvalue weighted by atomic mass is 15.2. The second kappa shape index (κ2) is 22.7. The molecule has 1 heterocycles. The Kier molecular flexibility index (Phi) is 13.5. The van der Waals surface area contributed by atoms with Crippen LogP contribution in [-0.2, 0) is 0 Å². The lowest BCUT2D eigenvalue weighted by Crippen LogP contribution is -2.14. The standard InChI is InChI=1S/C81H57N5/c1-5-33-66(34-6-1)83(78-45-21-29-58-25-13-17-41-74(58)78)70-50-62(51-71(54-70)84(67-35-7-2-8-36-67)79-46-22-30-59-26-14-18-42-75(59)79)64-49-65(57-82-56-64)63-52-72(85(68-37-9-3-10-38-68)80-47-23-31-60-27-15-19-43-76(60)80)55-73(53-63)86(69-39-11-4-12-40-69)81-48-24-32-61-28-16-20-44-77(61)81/h1-57H. The van der Waals surface area contributed by atoms with Gasteiger partial charge in [-0.2, -0.15) is 0 Å². The van der Waals surface area contributed by atoms with Gasteiger partial charge in [-0.05, 0) is 148 Å². The van der Waals surface area contributed by atoms with Crippen LogP contribution in [-0.4, -0.2) is 4.98 Å². The van der Waals surface area contributed by atoms with Crippen LogP contribution in [0.2, 0.25) is 0 Å². The van der Waals surface area contributed by atoms with Gasteiger partial charge in [0, 0.05) is 90.6 Å². The number of fused-ring (bicyclic) bond motifs is 4. The molecule has 0 atom stereocenters. The Balaban J connectivity index is 0.988. The molecule has 1 aromatic heterocycles. The molecule has 0 fully saturated rings. The van der Waals surface area contributed by atoms with E-state index in [-0.39, 0.29) is 0 Å². The number of rotatable bonds is 14. The molecule has 15 aromatic rings. The number of aromatic nitrogens is 1. The van der Waals surface area contributed by atoms with Crippen molar-refractivity contribution in [2.45, 2.75) is 0 Å². The summed E-state index contributed by atoms with van der Waals surface area (Å²) in [6, 6.07) is 120. The summed E-state index contributed by atoms with van der Waals surface area (Å²) in [6.07, 6.45) is 4.04. The van der Waals surface area contributed by atoms with Crippen molar-refractivity contribution in [3.63, 3.8) is 0 Å². The highest BCUT2D eigenvalue weighted by Crippen LogP contribution is 2.49. The van der Waals surface area contributed by atoms with E-state index in [4.69, 9.17) is 4.98 Å². The van der Waals surface area contributed by atoms with Gasteiger partial charge in [-0.15, -0.1) is 0 Å². The minimum atomic E-state index is 0.970. The van der Waals surface area contributed by atoms with E-state index >= 15 is 0 Å². The van der Waals surface area contributed by atoms with Crippen molar-refractivity contribution in [2.24, 2.45) is 0 Å². The van der Waals surface area contributed by atoms with Crippen LogP contribution < -0.4 is 19.6 Å². The minimum Gasteiger partial charge on any atom is -0.310 e. The molecule has 0 saturated heterocycles. The number of hydrogen-bond acceptors (Lipinski definition) is 5. The van der Waals surface area contributed by atoms with Crippen molar-refractivity contribution in [1.82, 2.24) is 4.98 Å². The first-order valence-corrected chi connectivity index (χ1v) is 29.2. The van der Waals surface area contributed by atoms with Crippen LogP contribution >= 0.6 is 0 Å². The van der Waals surface area contributed by atoms with Crippen molar-refractivity contribution < 1.29 is 0 Å². The van der Waals surface area contributed by atoms with Crippen molar-refractivity contribution in [1.29, 1.82) is 0 Å². The zero-order valence-corrected chi connectivity index (χ0v) is 47.1. The first kappa shape index (κ1) is 51.4. The molecule has 0 amide bonds. The number of anilines is 12. The fourth-order valence-corrected chi connectivity index (χ4v) is 12.4. The predicted molar refractivity (Wildman–Crippen MR) is 364 cm³/mol. The minimum absolute atomic E-state index is 0.970. The second-order valence-corrected chi connectivity index (χ2v) is 21.6. The van der Waals surface area contributed by atoms with Crippen LogP contribution in [0.25, 0.3) is 65.3 Å². The molecule has 0 radical (unpaired) electrons. The van der Waals surface area contributed by atoms with Gasteiger partial charge < -0.3 is 19.6 Å². The van der Waals surface area contributed by atoms with Gasteiger partial charge in [0.05, 0.1) is 22.7 Å². The summed E-state index contributed by atoms with van der Waals surface area (Å²) in [5, 5.41) is 9.28. The van der Waals surface area contributed by atoms with Crippen LogP contribution in [0.4, 0.5) is 68.2 Å². The summed E-state index contributed by atoms with van der Waals surface area (Å²) in [6.45, 7) is 0. The maximum Gasteiger partial charge on any atom is 0.0540 e. The number of nitrogens with zero attached hydrogens (tertiary/aromatic N) is 5. The molecular weight excluding hydrogens is 1040 g/mol. The molecule has 5 nitrogen and oxygen atoms in total. The monoisotopic (exact) mass is 1100 g/mol. The Bertz CT molecular complexity index is 4300. The Labute approximate surface area is 501 Å². The number of hydrogen-bond donors (Lipinski definition) is 0. The summed E-state index contributed by atoms with van der Waals surface area (Å²) in [5.74, 6) is 0. The van der Waals surface area contributed by atoms with Crippen molar-refractivity contribution >= 4 is 111 Å². The van der Waals surface area contributed by atoms with Crippen LogP contribution in [0.1, 0.15) is 0 Å². The predicted octanol–water partition coefficient (Wildman–Crippen LogP) is 22.9. The zero-order valence-electron chi connectivity index (χ0n) is 47.1. The SMILES string of the molecule is c1ccc(N(c2cc(-c3cncc(-c4cc(N(c5ccccc5)c5cccc6ccccc56)cc(N(c5ccccc5)c5cccc6ccccc56)c4)c3)cc(N(c3ccccc3)c3cccc4ccccc34)c2)c2cccc3ccccc23)cc1. The topological polar surface area (TPSA) is 25.9 Å². The van der Waals surface area contributed by atoms with Crippen LogP contribution in [0.15, 0.2) is 346 Å². The van der Waals surface area contributed by atoms with Crippen LogP contribution in [0.3, 0.4) is 0 Å². The van der Waals surface area contributed by atoms with Gasteiger partial charge in [-0.3, -0.25) is 4.98 Å². The first-order valence-electron chi connectivity index (χ1n) is 29.2. The molecule has 0 spiro atoms. The van der Waals surface area contributed by atoms with Crippen LogP contribution in [0.5, 0.6) is 0 Å². The molecular formula is C81H57N5. The molecule has 0 unspecified atom stereocenters. The Morgan fingerprint density at radius 2 is 0.407 bits per heavy atom. The number of para-hydroxylation sites is 4. The van der Waals surface area contributed by atoms with E-state index in [1.165, 1.54) is 21.5 Å². The summed E-state index contributed by atoms with van der Waals surface area (Å²) in [7, 11) is 0. The fourth-order valence-electron chi connectivity index (χ4n) is 12.4. The lowest BCUT2D eigenvalue weighted by Gasteiger charge is -2.31. The average Bonchev–Trinajstić information content (AvgIpc) is 2.81. The highest BCUT2D eigenvalue weighted by molar-refractivity contribution is 6.05. The van der Waals surface area contributed by atoms with Crippen molar-refractivity contribution in [3.05, 3.63) is 346 Å². The number of pyridine rings is 1. The Morgan fingerprint density at radius 3 is 0.674 bits per heavy atom. The van der Waals surface area contributed by atoms with Crippen molar-refractivity contribution in [2.75, 3.05) is 19.6 Å². The molecule has 0 bridgehead atoms. The molecule has 0 aliphatic rings. The van der Waals surface area contributed by atoms with E-state index in [9.17, 15) is 0 Å². The van der Waals surface area contributed by atoms with E-state index in [0.29, 0.717) is 0 Å². The molecule has 14 aromatic carbocycles. The largest absolute Gasteiger partial charge is 0.310 e. The fraction of sp³-hybridized carbons (Fsp3) is 0. The maximum absolute atomic E-state index is 5.21. The quantitative estimate of drug-likeness (QED) is 0.108. The Morgan fingerprint density at radius 1 is 0.174 bits per heavy atom. The third-order valence-corrected chi connectivity index (χ3v) is 16.3. The van der Waals surface area contributed by atoms with Gasteiger partial charge >= 0.3 is 0 Å². The van der Waals surface area contributed by atoms with Crippen molar-refractivity contribution in [3.8, 4) is 22.3 Å². The molecule has 15 rings (SSSR count). The molecule has 86 heavy (non-hydrogen) atoms. The first-order chi connectivity index (χ1) is 42.7. The third-order valence-electron chi connectivity index (χ3n) is 16.3. The van der Waals surface area contributed by atoms with Crippen LogP contribution in [0, 0.1) is 0 Å². The highest BCUT2D eigenvalue weighted by Gasteiger charge is 2.25. The van der Waals surface area contributed by atoms with Gasteiger partial charge in [-0.25, -0.2) is 0 Å². The van der Waals surface area contributed by atoms with Gasteiger partial charge in [0.15, 0.2) is 0 Å². The smallest absolute Gasteiger partial charge is 0.0540 e. The van der Waals surface area contributed by atoms with Gasteiger partial charge in [0.1, 0.15) is 0 Å². The molecule has 0 N–H and O–H groups in total. The Hall–Kier alpha value is -11.5. The molecule has 0 aliphatic carbocycles. The molecule has 5 heteroatoms. The summed E-state index contributed by atoms with van der Waals surface area (Å²) < 4.78 is 0. The molecule has 0 aliphatic heterocycles. The van der Waals surface area contributed by atoms with E-state index in [1.807, 2.05) is 12.4 Å².